The molecule has 2 aromatic heterocycles. The van der Waals surface area contributed by atoms with E-state index in [0.717, 1.165) is 5.82 Å². The number of nitrogens with zero attached hydrogens (tertiary/aromatic N) is 4. The minimum absolute atomic E-state index is 0.396. The SMILES string of the molecule is Cc1nc(Sc2cccc(C#N)n2)n[nH]1. The van der Waals surface area contributed by atoms with Crippen LogP contribution in [0.4, 0.5) is 0 Å². The Balaban J connectivity index is 2.21. The first kappa shape index (κ1) is 9.68. The third kappa shape index (κ3) is 2.33. The smallest absolute Gasteiger partial charge is 0.214 e. The van der Waals surface area contributed by atoms with Crippen molar-refractivity contribution >= 4 is 11.8 Å². The number of nitriles is 1. The molecule has 0 atom stereocenters. The van der Waals surface area contributed by atoms with E-state index in [1.807, 2.05) is 19.1 Å². The molecule has 74 valence electrons. The lowest BCUT2D eigenvalue weighted by atomic mass is 10.4. The van der Waals surface area contributed by atoms with Gasteiger partial charge in [0.1, 0.15) is 22.6 Å². The van der Waals surface area contributed by atoms with Crippen molar-refractivity contribution in [3.8, 4) is 6.07 Å². The zero-order valence-electron chi connectivity index (χ0n) is 7.93. The molecule has 2 rings (SSSR count). The molecule has 0 aromatic carbocycles. The van der Waals surface area contributed by atoms with Crippen LogP contribution in [0.1, 0.15) is 11.5 Å². The van der Waals surface area contributed by atoms with Crippen molar-refractivity contribution < 1.29 is 0 Å². The van der Waals surface area contributed by atoms with Crippen LogP contribution >= 0.6 is 11.8 Å². The molecular weight excluding hydrogens is 210 g/mol. The Labute approximate surface area is 90.6 Å². The highest BCUT2D eigenvalue weighted by Crippen LogP contribution is 2.21. The Morgan fingerprint density at radius 2 is 2.27 bits per heavy atom. The van der Waals surface area contributed by atoms with Gasteiger partial charge in [0.25, 0.3) is 0 Å². The molecule has 0 fully saturated rings. The molecule has 1 N–H and O–H groups in total. The molecule has 6 heteroatoms. The largest absolute Gasteiger partial charge is 0.262 e. The third-order valence-electron chi connectivity index (χ3n) is 1.61. The Morgan fingerprint density at radius 1 is 1.40 bits per heavy atom. The second-order valence-electron chi connectivity index (χ2n) is 2.78. The highest BCUT2D eigenvalue weighted by Gasteiger charge is 2.04. The highest BCUT2D eigenvalue weighted by molar-refractivity contribution is 7.99. The minimum atomic E-state index is 0.396. The molecule has 0 saturated heterocycles. The van der Waals surface area contributed by atoms with E-state index in [1.165, 1.54) is 11.8 Å². The summed E-state index contributed by atoms with van der Waals surface area (Å²) in [6.07, 6.45) is 0. The molecule has 0 unspecified atom stereocenters. The van der Waals surface area contributed by atoms with Crippen LogP contribution in [0.15, 0.2) is 28.4 Å². The molecule has 0 bridgehead atoms. The highest BCUT2D eigenvalue weighted by atomic mass is 32.2. The van der Waals surface area contributed by atoms with Gasteiger partial charge in [-0.05, 0) is 30.8 Å². The molecule has 0 aliphatic rings. The van der Waals surface area contributed by atoms with Crippen LogP contribution in [0, 0.1) is 18.3 Å². The molecule has 2 aromatic rings. The molecule has 0 saturated carbocycles. The molecule has 0 radical (unpaired) electrons. The zero-order valence-corrected chi connectivity index (χ0v) is 8.75. The number of aromatic amines is 1. The summed E-state index contributed by atoms with van der Waals surface area (Å²) < 4.78 is 0. The summed E-state index contributed by atoms with van der Waals surface area (Å²) in [5.74, 6) is 0.758. The van der Waals surface area contributed by atoms with Crippen LogP contribution in [0.2, 0.25) is 0 Å². The van der Waals surface area contributed by atoms with E-state index in [1.54, 1.807) is 12.1 Å². The second kappa shape index (κ2) is 4.11. The van der Waals surface area contributed by atoms with Crippen LogP contribution in [0.5, 0.6) is 0 Å². The van der Waals surface area contributed by atoms with Gasteiger partial charge in [-0.3, -0.25) is 5.10 Å². The van der Waals surface area contributed by atoms with Crippen LogP contribution in [0.3, 0.4) is 0 Å². The lowest BCUT2D eigenvalue weighted by Crippen LogP contribution is -1.85. The van der Waals surface area contributed by atoms with Crippen LogP contribution in [0.25, 0.3) is 0 Å². The third-order valence-corrected chi connectivity index (χ3v) is 2.41. The molecule has 0 aliphatic carbocycles. The maximum Gasteiger partial charge on any atom is 0.214 e. The van der Waals surface area contributed by atoms with Gasteiger partial charge >= 0.3 is 0 Å². The summed E-state index contributed by atoms with van der Waals surface area (Å²) in [5, 5.41) is 16.7. The Hall–Kier alpha value is -1.87. The summed E-state index contributed by atoms with van der Waals surface area (Å²) >= 11 is 1.32. The summed E-state index contributed by atoms with van der Waals surface area (Å²) in [4.78, 5) is 8.24. The van der Waals surface area contributed by atoms with E-state index in [-0.39, 0.29) is 0 Å². The van der Waals surface area contributed by atoms with Crippen molar-refractivity contribution in [3.63, 3.8) is 0 Å². The second-order valence-corrected chi connectivity index (χ2v) is 3.77. The fraction of sp³-hybridized carbons (Fsp3) is 0.111. The normalized spacial score (nSPS) is 9.87. The number of pyridine rings is 1. The summed E-state index contributed by atoms with van der Waals surface area (Å²) in [5.41, 5.74) is 0.396. The Morgan fingerprint density at radius 3 is 2.93 bits per heavy atom. The lowest BCUT2D eigenvalue weighted by Gasteiger charge is -1.95. The number of aromatic nitrogens is 4. The van der Waals surface area contributed by atoms with E-state index >= 15 is 0 Å². The number of H-pyrrole nitrogens is 1. The molecule has 0 amide bonds. The fourth-order valence-electron chi connectivity index (χ4n) is 0.995. The van der Waals surface area contributed by atoms with Gasteiger partial charge in [-0.2, -0.15) is 5.26 Å². The minimum Gasteiger partial charge on any atom is -0.262 e. The molecule has 5 nitrogen and oxygen atoms in total. The average molecular weight is 217 g/mol. The van der Waals surface area contributed by atoms with E-state index < -0.39 is 0 Å². The summed E-state index contributed by atoms with van der Waals surface area (Å²) in [7, 11) is 0. The van der Waals surface area contributed by atoms with Gasteiger partial charge in [0, 0.05) is 0 Å². The maximum absolute atomic E-state index is 8.67. The molecular formula is C9H7N5S. The fourth-order valence-corrected chi connectivity index (χ4v) is 1.75. The molecule has 0 spiro atoms. The van der Waals surface area contributed by atoms with Crippen LogP contribution in [-0.2, 0) is 0 Å². The maximum atomic E-state index is 8.67. The van der Waals surface area contributed by atoms with Crippen molar-refractivity contribution in [1.29, 1.82) is 5.26 Å². The molecule has 2 heterocycles. The quantitative estimate of drug-likeness (QED) is 0.825. The average Bonchev–Trinajstić information content (AvgIpc) is 2.64. The van der Waals surface area contributed by atoms with Gasteiger partial charge in [0.05, 0.1) is 0 Å². The monoisotopic (exact) mass is 217 g/mol. The molecule has 0 aliphatic heterocycles. The first-order valence-electron chi connectivity index (χ1n) is 4.22. The van der Waals surface area contributed by atoms with Gasteiger partial charge in [-0.1, -0.05) is 6.07 Å². The summed E-state index contributed by atoms with van der Waals surface area (Å²) in [6.45, 7) is 1.83. The lowest BCUT2D eigenvalue weighted by molar-refractivity contribution is 0.963. The molecule has 15 heavy (non-hydrogen) atoms. The van der Waals surface area contributed by atoms with Gasteiger partial charge in [0.15, 0.2) is 0 Å². The number of rotatable bonds is 2. The first-order chi connectivity index (χ1) is 7.28. The van der Waals surface area contributed by atoms with E-state index in [0.29, 0.717) is 15.9 Å². The van der Waals surface area contributed by atoms with Crippen molar-refractivity contribution in [3.05, 3.63) is 29.7 Å². The Kier molecular flexibility index (Phi) is 2.65. The summed E-state index contributed by atoms with van der Waals surface area (Å²) in [6, 6.07) is 7.25. The number of hydrogen-bond donors (Lipinski definition) is 1. The first-order valence-corrected chi connectivity index (χ1v) is 5.03. The standard InChI is InChI=1S/C9H7N5S/c1-6-11-9(14-13-6)15-8-4-2-3-7(5-10)12-8/h2-4H,1H3,(H,11,13,14). The van der Waals surface area contributed by atoms with Crippen LogP contribution in [-0.4, -0.2) is 20.2 Å². The zero-order chi connectivity index (χ0) is 10.7. The van der Waals surface area contributed by atoms with Gasteiger partial charge in [0.2, 0.25) is 5.16 Å². The number of aryl methyl sites for hydroxylation is 1. The number of nitrogens with one attached hydrogen (secondary N) is 1. The predicted octanol–water partition coefficient (Wildman–Crippen LogP) is 1.53. The van der Waals surface area contributed by atoms with Gasteiger partial charge < -0.3 is 0 Å². The van der Waals surface area contributed by atoms with Gasteiger partial charge in [-0.25, -0.2) is 9.97 Å². The van der Waals surface area contributed by atoms with Crippen molar-refractivity contribution in [2.24, 2.45) is 0 Å². The number of hydrogen-bond acceptors (Lipinski definition) is 5. The van der Waals surface area contributed by atoms with Crippen molar-refractivity contribution in [2.75, 3.05) is 0 Å². The topological polar surface area (TPSA) is 78.2 Å². The van der Waals surface area contributed by atoms with E-state index in [2.05, 4.69) is 20.2 Å². The van der Waals surface area contributed by atoms with Crippen molar-refractivity contribution in [2.45, 2.75) is 17.1 Å². The van der Waals surface area contributed by atoms with Crippen molar-refractivity contribution in [1.82, 2.24) is 20.2 Å². The van der Waals surface area contributed by atoms with E-state index in [9.17, 15) is 0 Å². The Bertz CT molecular complexity index is 513. The predicted molar refractivity (Wildman–Crippen MR) is 54.2 cm³/mol. The van der Waals surface area contributed by atoms with Gasteiger partial charge in [-0.15, -0.1) is 5.10 Å². The van der Waals surface area contributed by atoms with E-state index in [4.69, 9.17) is 5.26 Å². The van der Waals surface area contributed by atoms with Crippen LogP contribution < -0.4 is 0 Å².